The Bertz CT molecular complexity index is 314. The second-order valence-electron chi connectivity index (χ2n) is 3.13. The highest BCUT2D eigenvalue weighted by Gasteiger charge is 2.05. The van der Waals surface area contributed by atoms with Crippen LogP contribution in [0.25, 0.3) is 0 Å². The molecule has 1 rings (SSSR count). The Balaban J connectivity index is 2.18. The molecule has 0 aromatic carbocycles. The quantitative estimate of drug-likeness (QED) is 0.606. The summed E-state index contributed by atoms with van der Waals surface area (Å²) in [5.74, 6) is -0.0572. The first kappa shape index (κ1) is 11.9. The summed E-state index contributed by atoms with van der Waals surface area (Å²) in [6, 6.07) is 0. The average Bonchev–Trinajstić information content (AvgIpc) is 2.59. The normalized spacial score (nSPS) is 10.2. The second kappa shape index (κ2) is 6.36. The average molecular weight is 229 g/mol. The number of carbonyl (C=O) groups is 1. The summed E-state index contributed by atoms with van der Waals surface area (Å²) in [6.45, 7) is 0.761. The van der Waals surface area contributed by atoms with Crippen molar-refractivity contribution < 1.29 is 9.90 Å². The molecular formula is C9H15N3O2S. The number of aromatic nitrogens is 1. The van der Waals surface area contributed by atoms with E-state index in [1.54, 1.807) is 5.38 Å². The van der Waals surface area contributed by atoms with Gasteiger partial charge in [-0.15, -0.1) is 11.3 Å². The summed E-state index contributed by atoms with van der Waals surface area (Å²) < 4.78 is 0. The van der Waals surface area contributed by atoms with Gasteiger partial charge in [0.25, 0.3) is 0 Å². The first-order chi connectivity index (χ1) is 7.22. The molecule has 0 spiro atoms. The molecule has 0 aliphatic carbocycles. The number of aliphatic hydroxyl groups excluding tert-OH is 1. The third-order valence-electron chi connectivity index (χ3n) is 1.82. The number of rotatable bonds is 6. The van der Waals surface area contributed by atoms with Gasteiger partial charge in [0.2, 0.25) is 5.91 Å². The van der Waals surface area contributed by atoms with Gasteiger partial charge >= 0.3 is 0 Å². The molecule has 0 aliphatic heterocycles. The smallest absolute Gasteiger partial charge is 0.226 e. The summed E-state index contributed by atoms with van der Waals surface area (Å²) in [5.41, 5.74) is 6.15. The number of unbranched alkanes of at least 4 members (excludes halogenated alkanes) is 1. The number of nitrogen functional groups attached to an aromatic ring is 1. The van der Waals surface area contributed by atoms with Crippen LogP contribution in [-0.4, -0.2) is 29.1 Å². The van der Waals surface area contributed by atoms with Gasteiger partial charge in [-0.05, 0) is 12.8 Å². The Morgan fingerprint density at radius 3 is 3.00 bits per heavy atom. The first-order valence-corrected chi connectivity index (χ1v) is 5.68. The highest BCUT2D eigenvalue weighted by molar-refractivity contribution is 7.13. The first-order valence-electron chi connectivity index (χ1n) is 4.80. The van der Waals surface area contributed by atoms with Crippen LogP contribution in [0, 0.1) is 0 Å². The molecule has 0 atom stereocenters. The molecule has 6 heteroatoms. The van der Waals surface area contributed by atoms with Crippen LogP contribution in [0.5, 0.6) is 0 Å². The van der Waals surface area contributed by atoms with Crippen LogP contribution in [0.15, 0.2) is 5.38 Å². The highest BCUT2D eigenvalue weighted by Crippen LogP contribution is 2.11. The number of carbonyl (C=O) groups excluding carboxylic acids is 1. The van der Waals surface area contributed by atoms with Crippen molar-refractivity contribution in [3.05, 3.63) is 11.1 Å². The fraction of sp³-hybridized carbons (Fsp3) is 0.556. The molecule has 15 heavy (non-hydrogen) atoms. The largest absolute Gasteiger partial charge is 0.396 e. The van der Waals surface area contributed by atoms with E-state index in [1.165, 1.54) is 11.3 Å². The van der Waals surface area contributed by atoms with Gasteiger partial charge in [-0.25, -0.2) is 4.98 Å². The molecule has 1 aromatic rings. The van der Waals surface area contributed by atoms with Crippen LogP contribution in [0.3, 0.4) is 0 Å². The molecule has 0 bridgehead atoms. The number of anilines is 1. The Morgan fingerprint density at radius 1 is 1.60 bits per heavy atom. The number of amides is 1. The fourth-order valence-electron chi connectivity index (χ4n) is 1.10. The lowest BCUT2D eigenvalue weighted by molar-refractivity contribution is -0.120. The number of nitrogens with one attached hydrogen (secondary N) is 1. The molecule has 0 fully saturated rings. The van der Waals surface area contributed by atoms with Crippen LogP contribution < -0.4 is 11.1 Å². The van der Waals surface area contributed by atoms with E-state index in [0.717, 1.165) is 6.42 Å². The van der Waals surface area contributed by atoms with Crippen LogP contribution in [-0.2, 0) is 11.2 Å². The third kappa shape index (κ3) is 4.75. The van der Waals surface area contributed by atoms with E-state index in [4.69, 9.17) is 10.8 Å². The maximum atomic E-state index is 11.3. The van der Waals surface area contributed by atoms with Crippen molar-refractivity contribution >= 4 is 22.4 Å². The molecule has 5 nitrogen and oxygen atoms in total. The van der Waals surface area contributed by atoms with Crippen molar-refractivity contribution in [3.63, 3.8) is 0 Å². The SMILES string of the molecule is Nc1nc(CC(=O)NCCCCO)cs1. The molecule has 0 saturated carbocycles. The highest BCUT2D eigenvalue weighted by atomic mass is 32.1. The van der Waals surface area contributed by atoms with Crippen molar-refractivity contribution in [2.75, 3.05) is 18.9 Å². The zero-order chi connectivity index (χ0) is 11.1. The summed E-state index contributed by atoms with van der Waals surface area (Å²) in [5, 5.41) is 13.5. The lowest BCUT2D eigenvalue weighted by Gasteiger charge is -2.02. The maximum absolute atomic E-state index is 11.3. The number of aliphatic hydroxyl groups is 1. The Morgan fingerprint density at radius 2 is 2.40 bits per heavy atom. The number of nitrogens with zero attached hydrogens (tertiary/aromatic N) is 1. The number of nitrogens with two attached hydrogens (primary N) is 1. The molecule has 84 valence electrons. The van der Waals surface area contributed by atoms with Crippen molar-refractivity contribution in [2.45, 2.75) is 19.3 Å². The topological polar surface area (TPSA) is 88.2 Å². The van der Waals surface area contributed by atoms with Gasteiger partial charge < -0.3 is 16.2 Å². The van der Waals surface area contributed by atoms with E-state index in [9.17, 15) is 4.79 Å². The van der Waals surface area contributed by atoms with Crippen LogP contribution in [0.1, 0.15) is 18.5 Å². The van der Waals surface area contributed by atoms with Gasteiger partial charge in [0.15, 0.2) is 5.13 Å². The Kier molecular flexibility index (Phi) is 5.06. The monoisotopic (exact) mass is 229 g/mol. The van der Waals surface area contributed by atoms with Gasteiger partial charge in [0, 0.05) is 18.5 Å². The van der Waals surface area contributed by atoms with Crippen molar-refractivity contribution in [2.24, 2.45) is 0 Å². The van der Waals surface area contributed by atoms with Crippen LogP contribution in [0.4, 0.5) is 5.13 Å². The zero-order valence-corrected chi connectivity index (χ0v) is 9.22. The lowest BCUT2D eigenvalue weighted by atomic mass is 10.3. The lowest BCUT2D eigenvalue weighted by Crippen LogP contribution is -2.26. The minimum Gasteiger partial charge on any atom is -0.396 e. The molecule has 0 radical (unpaired) electrons. The van der Waals surface area contributed by atoms with Gasteiger partial charge in [-0.1, -0.05) is 0 Å². The van der Waals surface area contributed by atoms with E-state index in [1.807, 2.05) is 0 Å². The molecular weight excluding hydrogens is 214 g/mol. The molecule has 1 aromatic heterocycles. The van der Waals surface area contributed by atoms with E-state index in [0.29, 0.717) is 23.8 Å². The zero-order valence-electron chi connectivity index (χ0n) is 8.40. The molecule has 4 N–H and O–H groups in total. The fourth-order valence-corrected chi connectivity index (χ4v) is 1.66. The summed E-state index contributed by atoms with van der Waals surface area (Å²) in [4.78, 5) is 15.3. The Labute approximate surface area is 92.3 Å². The predicted octanol–water partition coefficient (Wildman–Crippen LogP) is 0.156. The predicted molar refractivity (Wildman–Crippen MR) is 59.6 cm³/mol. The maximum Gasteiger partial charge on any atom is 0.226 e. The Hall–Kier alpha value is -1.14. The van der Waals surface area contributed by atoms with Gasteiger partial charge in [-0.2, -0.15) is 0 Å². The standard InChI is InChI=1S/C9H15N3O2S/c10-9-12-7(6-15-9)5-8(14)11-3-1-2-4-13/h6,13H,1-5H2,(H2,10,12)(H,11,14). The van der Waals surface area contributed by atoms with Gasteiger partial charge in [0.05, 0.1) is 12.1 Å². The van der Waals surface area contributed by atoms with Gasteiger partial charge in [0.1, 0.15) is 0 Å². The number of hydrogen-bond acceptors (Lipinski definition) is 5. The molecule has 0 unspecified atom stereocenters. The van der Waals surface area contributed by atoms with Crippen molar-refractivity contribution in [3.8, 4) is 0 Å². The van der Waals surface area contributed by atoms with Crippen molar-refractivity contribution in [1.82, 2.24) is 10.3 Å². The minimum atomic E-state index is -0.0572. The molecule has 1 heterocycles. The third-order valence-corrected chi connectivity index (χ3v) is 2.54. The van der Waals surface area contributed by atoms with Crippen molar-refractivity contribution in [1.29, 1.82) is 0 Å². The van der Waals surface area contributed by atoms with E-state index in [2.05, 4.69) is 10.3 Å². The number of hydrogen-bond donors (Lipinski definition) is 3. The second-order valence-corrected chi connectivity index (χ2v) is 4.02. The van der Waals surface area contributed by atoms with Gasteiger partial charge in [-0.3, -0.25) is 4.79 Å². The minimum absolute atomic E-state index is 0.0572. The van der Waals surface area contributed by atoms with Crippen LogP contribution in [0.2, 0.25) is 0 Å². The molecule has 0 aliphatic rings. The summed E-state index contributed by atoms with van der Waals surface area (Å²) >= 11 is 1.33. The van der Waals surface area contributed by atoms with Crippen LogP contribution >= 0.6 is 11.3 Å². The molecule has 0 saturated heterocycles. The molecule has 1 amide bonds. The summed E-state index contributed by atoms with van der Waals surface area (Å²) in [7, 11) is 0. The van der Waals surface area contributed by atoms with E-state index >= 15 is 0 Å². The summed E-state index contributed by atoms with van der Waals surface area (Å²) in [6.07, 6.45) is 1.78. The van der Waals surface area contributed by atoms with E-state index in [-0.39, 0.29) is 18.9 Å². The van der Waals surface area contributed by atoms with E-state index < -0.39 is 0 Å². The number of thiazole rings is 1.